The van der Waals surface area contributed by atoms with Crippen LogP contribution in [0.4, 0.5) is 11.5 Å². The lowest BCUT2D eigenvalue weighted by Gasteiger charge is -2.33. The Bertz CT molecular complexity index is 726. The first kappa shape index (κ1) is 16.9. The van der Waals surface area contributed by atoms with E-state index in [0.717, 1.165) is 42.2 Å². The first-order valence-corrected chi connectivity index (χ1v) is 8.66. The number of hydrogen-bond acceptors (Lipinski definition) is 5. The van der Waals surface area contributed by atoms with Crippen LogP contribution in [-0.2, 0) is 0 Å². The molecule has 2 aromatic rings. The van der Waals surface area contributed by atoms with Crippen LogP contribution in [0.25, 0.3) is 0 Å². The summed E-state index contributed by atoms with van der Waals surface area (Å²) < 4.78 is 0.968. The number of amides is 1. The predicted octanol–water partition coefficient (Wildman–Crippen LogP) is 2.55. The number of aromatic nitrogens is 2. The summed E-state index contributed by atoms with van der Waals surface area (Å²) in [6, 6.07) is 9.23. The van der Waals surface area contributed by atoms with Crippen LogP contribution in [0.5, 0.6) is 0 Å². The number of rotatable bonds is 3. The van der Waals surface area contributed by atoms with Crippen molar-refractivity contribution in [3.8, 4) is 0 Å². The molecule has 1 aliphatic heterocycles. The average Bonchev–Trinajstić information content (AvgIpc) is 2.57. The van der Waals surface area contributed by atoms with Crippen molar-refractivity contribution < 1.29 is 4.79 Å². The summed E-state index contributed by atoms with van der Waals surface area (Å²) in [4.78, 5) is 25.8. The first-order chi connectivity index (χ1) is 11.5. The molecule has 1 N–H and O–H groups in total. The zero-order valence-electron chi connectivity index (χ0n) is 13.8. The predicted molar refractivity (Wildman–Crippen MR) is 98.6 cm³/mol. The number of halogens is 1. The second-order valence-corrected chi connectivity index (χ2v) is 6.83. The van der Waals surface area contributed by atoms with Gasteiger partial charge in [-0.05, 0) is 38.2 Å². The van der Waals surface area contributed by atoms with Gasteiger partial charge in [0, 0.05) is 42.4 Å². The van der Waals surface area contributed by atoms with Gasteiger partial charge in [-0.15, -0.1) is 0 Å². The number of aryl methyl sites for hydroxylation is 1. The molecule has 0 bridgehead atoms. The van der Waals surface area contributed by atoms with E-state index in [1.807, 2.05) is 31.2 Å². The van der Waals surface area contributed by atoms with Crippen LogP contribution in [-0.4, -0.2) is 54.0 Å². The summed E-state index contributed by atoms with van der Waals surface area (Å²) in [6.07, 6.45) is 0. The Morgan fingerprint density at radius 1 is 1.12 bits per heavy atom. The van der Waals surface area contributed by atoms with Crippen molar-refractivity contribution in [1.29, 1.82) is 0 Å². The minimum atomic E-state index is -0.224. The smallest absolute Gasteiger partial charge is 0.274 e. The topological polar surface area (TPSA) is 61.4 Å². The van der Waals surface area contributed by atoms with Gasteiger partial charge >= 0.3 is 0 Å². The van der Waals surface area contributed by atoms with Crippen molar-refractivity contribution in [3.05, 3.63) is 46.3 Å². The van der Waals surface area contributed by atoms with Gasteiger partial charge in [0.25, 0.3) is 5.91 Å². The fourth-order valence-corrected chi connectivity index (χ4v) is 2.86. The van der Waals surface area contributed by atoms with E-state index in [4.69, 9.17) is 0 Å². The minimum Gasteiger partial charge on any atom is -0.354 e. The number of carbonyl (C=O) groups excluding carboxylic acids is 1. The van der Waals surface area contributed by atoms with Gasteiger partial charge in [0.2, 0.25) is 0 Å². The van der Waals surface area contributed by atoms with Gasteiger partial charge in [-0.1, -0.05) is 15.9 Å². The molecule has 2 heterocycles. The summed E-state index contributed by atoms with van der Waals surface area (Å²) in [7, 11) is 2.11. The molecule has 1 saturated heterocycles. The number of hydrogen-bond donors (Lipinski definition) is 1. The molecule has 0 saturated carbocycles. The molecule has 3 rings (SSSR count). The third kappa shape index (κ3) is 4.10. The number of piperazine rings is 1. The van der Waals surface area contributed by atoms with Crippen molar-refractivity contribution in [1.82, 2.24) is 14.9 Å². The van der Waals surface area contributed by atoms with Gasteiger partial charge in [0.05, 0.1) is 0 Å². The Balaban J connectivity index is 1.77. The maximum atomic E-state index is 12.5. The molecule has 1 amide bonds. The second kappa shape index (κ2) is 7.27. The van der Waals surface area contributed by atoms with Gasteiger partial charge in [0.15, 0.2) is 0 Å². The highest BCUT2D eigenvalue weighted by Gasteiger charge is 2.18. The molecule has 0 aliphatic carbocycles. The Kier molecular flexibility index (Phi) is 5.11. The Hall–Kier alpha value is -1.99. The molecule has 1 aliphatic rings. The summed E-state index contributed by atoms with van der Waals surface area (Å²) >= 11 is 3.38. The van der Waals surface area contributed by atoms with Crippen molar-refractivity contribution in [3.63, 3.8) is 0 Å². The van der Waals surface area contributed by atoms with Gasteiger partial charge in [0.1, 0.15) is 17.3 Å². The highest BCUT2D eigenvalue weighted by atomic mass is 79.9. The molecule has 126 valence electrons. The molecule has 1 aromatic carbocycles. The summed E-state index contributed by atoms with van der Waals surface area (Å²) in [5, 5.41) is 2.87. The molecule has 24 heavy (non-hydrogen) atoms. The molecule has 0 atom stereocenters. The van der Waals surface area contributed by atoms with E-state index in [1.165, 1.54) is 0 Å². The van der Waals surface area contributed by atoms with E-state index >= 15 is 0 Å². The van der Waals surface area contributed by atoms with E-state index < -0.39 is 0 Å². The maximum Gasteiger partial charge on any atom is 0.274 e. The van der Waals surface area contributed by atoms with Crippen molar-refractivity contribution in [2.75, 3.05) is 43.4 Å². The number of nitrogens with zero attached hydrogens (tertiary/aromatic N) is 4. The Morgan fingerprint density at radius 3 is 2.46 bits per heavy atom. The average molecular weight is 390 g/mol. The lowest BCUT2D eigenvalue weighted by Crippen LogP contribution is -2.45. The quantitative estimate of drug-likeness (QED) is 0.873. The second-order valence-electron chi connectivity index (χ2n) is 5.91. The Labute approximate surface area is 150 Å². The monoisotopic (exact) mass is 389 g/mol. The summed E-state index contributed by atoms with van der Waals surface area (Å²) in [5.41, 5.74) is 1.12. The number of nitrogens with one attached hydrogen (secondary N) is 1. The molecular formula is C17H20BrN5O. The van der Waals surface area contributed by atoms with Crippen LogP contribution in [0.2, 0.25) is 0 Å². The maximum absolute atomic E-state index is 12.5. The minimum absolute atomic E-state index is 0.224. The van der Waals surface area contributed by atoms with Crippen LogP contribution < -0.4 is 10.2 Å². The van der Waals surface area contributed by atoms with Gasteiger partial charge in [-0.3, -0.25) is 4.79 Å². The molecule has 7 heteroatoms. The molecule has 6 nitrogen and oxygen atoms in total. The molecule has 1 aromatic heterocycles. The van der Waals surface area contributed by atoms with Crippen LogP contribution in [0.15, 0.2) is 34.8 Å². The molecular weight excluding hydrogens is 370 g/mol. The van der Waals surface area contributed by atoms with E-state index in [1.54, 1.807) is 6.07 Å². The van der Waals surface area contributed by atoms with E-state index in [2.05, 4.69) is 48.1 Å². The van der Waals surface area contributed by atoms with E-state index in [-0.39, 0.29) is 5.91 Å². The van der Waals surface area contributed by atoms with Crippen molar-refractivity contribution in [2.45, 2.75) is 6.92 Å². The largest absolute Gasteiger partial charge is 0.354 e. The highest BCUT2D eigenvalue weighted by Crippen LogP contribution is 2.17. The molecule has 0 radical (unpaired) electrons. The van der Waals surface area contributed by atoms with E-state index in [9.17, 15) is 4.79 Å². The van der Waals surface area contributed by atoms with Gasteiger partial charge < -0.3 is 15.1 Å². The van der Waals surface area contributed by atoms with Crippen LogP contribution in [0.3, 0.4) is 0 Å². The standard InChI is InChI=1S/C17H20BrN5O/c1-12-19-15(17(24)21-14-5-3-13(18)4-6-14)11-16(20-12)23-9-7-22(2)8-10-23/h3-6,11H,7-10H2,1-2H3,(H,21,24). The van der Waals surface area contributed by atoms with Gasteiger partial charge in [-0.2, -0.15) is 0 Å². The first-order valence-electron chi connectivity index (χ1n) is 7.87. The lowest BCUT2D eigenvalue weighted by atomic mass is 10.2. The third-order valence-electron chi connectivity index (χ3n) is 3.99. The summed E-state index contributed by atoms with van der Waals surface area (Å²) in [6.45, 7) is 5.60. The normalized spacial score (nSPS) is 15.4. The third-order valence-corrected chi connectivity index (χ3v) is 4.52. The molecule has 0 unspecified atom stereocenters. The van der Waals surface area contributed by atoms with Gasteiger partial charge in [-0.25, -0.2) is 9.97 Å². The SMILES string of the molecule is Cc1nc(C(=O)Nc2ccc(Br)cc2)cc(N2CCN(C)CC2)n1. The lowest BCUT2D eigenvalue weighted by molar-refractivity contribution is 0.102. The van der Waals surface area contributed by atoms with Crippen molar-refractivity contribution >= 4 is 33.3 Å². The zero-order valence-corrected chi connectivity index (χ0v) is 15.4. The van der Waals surface area contributed by atoms with Crippen molar-refractivity contribution in [2.24, 2.45) is 0 Å². The van der Waals surface area contributed by atoms with Crippen LogP contribution >= 0.6 is 15.9 Å². The number of anilines is 2. The fourth-order valence-electron chi connectivity index (χ4n) is 2.59. The molecule has 1 fully saturated rings. The number of likely N-dealkylation sites (N-methyl/N-ethyl adjacent to an activating group) is 1. The highest BCUT2D eigenvalue weighted by molar-refractivity contribution is 9.10. The zero-order chi connectivity index (χ0) is 17.1. The van der Waals surface area contributed by atoms with E-state index in [0.29, 0.717) is 11.5 Å². The summed E-state index contributed by atoms with van der Waals surface area (Å²) in [5.74, 6) is 1.20. The van der Waals surface area contributed by atoms with Crippen LogP contribution in [0, 0.1) is 6.92 Å². The van der Waals surface area contributed by atoms with Crippen LogP contribution in [0.1, 0.15) is 16.3 Å². The fraction of sp³-hybridized carbons (Fsp3) is 0.353. The number of carbonyl (C=O) groups is 1. The Morgan fingerprint density at radius 2 is 1.79 bits per heavy atom. The number of benzene rings is 1. The molecule has 0 spiro atoms.